The number of nitrogens with one attached hydrogen (secondary N) is 1. The van der Waals surface area contributed by atoms with E-state index < -0.39 is 0 Å². The fourth-order valence-electron chi connectivity index (χ4n) is 4.12. The number of aromatic nitrogens is 4. The molecule has 1 N–H and O–H groups in total. The van der Waals surface area contributed by atoms with Gasteiger partial charge in [0.1, 0.15) is 15.5 Å². The maximum absolute atomic E-state index is 13.3. The predicted octanol–water partition coefficient (Wildman–Crippen LogP) is 4.73. The van der Waals surface area contributed by atoms with E-state index in [4.69, 9.17) is 4.98 Å². The summed E-state index contributed by atoms with van der Waals surface area (Å²) in [6.45, 7) is 8.17. The van der Waals surface area contributed by atoms with Crippen molar-refractivity contribution in [3.05, 3.63) is 60.1 Å². The second kappa shape index (κ2) is 8.03. The van der Waals surface area contributed by atoms with Crippen molar-refractivity contribution in [2.24, 2.45) is 0 Å². The SMILES string of the molecule is C=CCn1c(SCc2nc3sc(C)c(C)c3c(=O)[nH]2)nc2sc3c(c2c1=O)CCCC3. The number of fused-ring (bicyclic) bond motifs is 4. The average Bonchev–Trinajstić information content (AvgIpc) is 3.26. The number of rotatable bonds is 5. The zero-order chi connectivity index (χ0) is 21.7. The van der Waals surface area contributed by atoms with E-state index in [-0.39, 0.29) is 11.1 Å². The van der Waals surface area contributed by atoms with E-state index in [0.29, 0.717) is 28.7 Å². The Morgan fingerprint density at radius 3 is 2.71 bits per heavy atom. The molecule has 0 saturated carbocycles. The minimum absolute atomic E-state index is 0.00760. The van der Waals surface area contributed by atoms with E-state index in [2.05, 4.69) is 16.5 Å². The zero-order valence-electron chi connectivity index (χ0n) is 17.4. The number of thioether (sulfide) groups is 1. The zero-order valence-corrected chi connectivity index (χ0v) is 19.9. The molecular weight excluding hydrogens is 448 g/mol. The molecule has 4 aromatic rings. The van der Waals surface area contributed by atoms with Crippen LogP contribution in [0.2, 0.25) is 0 Å². The van der Waals surface area contributed by atoms with Gasteiger partial charge < -0.3 is 4.98 Å². The van der Waals surface area contributed by atoms with Crippen molar-refractivity contribution >= 4 is 54.9 Å². The van der Waals surface area contributed by atoms with Gasteiger partial charge in [0, 0.05) is 16.3 Å². The molecule has 0 fully saturated rings. The molecule has 1 aliphatic carbocycles. The highest BCUT2D eigenvalue weighted by molar-refractivity contribution is 7.98. The van der Waals surface area contributed by atoms with Crippen molar-refractivity contribution in [1.29, 1.82) is 0 Å². The standard InChI is InChI=1S/C22H22N4O2S3/c1-4-9-26-21(28)17-13-7-5-6-8-14(13)31-20(17)25-22(26)29-10-15-23-18(27)16-11(2)12(3)30-19(16)24-15/h4H,1,5-10H2,2-3H3,(H,23,24,27). The van der Waals surface area contributed by atoms with Crippen LogP contribution in [-0.2, 0) is 25.1 Å². The maximum Gasteiger partial charge on any atom is 0.263 e. The molecule has 0 radical (unpaired) electrons. The summed E-state index contributed by atoms with van der Waals surface area (Å²) in [5, 5.41) is 2.09. The lowest BCUT2D eigenvalue weighted by molar-refractivity contribution is 0.668. The molecule has 5 rings (SSSR count). The lowest BCUT2D eigenvalue weighted by atomic mass is 9.97. The molecular formula is C22H22N4O2S3. The number of nitrogens with zero attached hydrogens (tertiary/aromatic N) is 3. The van der Waals surface area contributed by atoms with Crippen LogP contribution in [0.4, 0.5) is 0 Å². The molecule has 0 unspecified atom stereocenters. The minimum atomic E-state index is -0.111. The van der Waals surface area contributed by atoms with Crippen molar-refractivity contribution in [2.75, 3.05) is 0 Å². The summed E-state index contributed by atoms with van der Waals surface area (Å²) in [6, 6.07) is 0. The quantitative estimate of drug-likeness (QED) is 0.259. The molecule has 31 heavy (non-hydrogen) atoms. The normalized spacial score (nSPS) is 13.7. The van der Waals surface area contributed by atoms with Gasteiger partial charge in [0.05, 0.1) is 16.5 Å². The predicted molar refractivity (Wildman–Crippen MR) is 130 cm³/mol. The third kappa shape index (κ3) is 3.48. The van der Waals surface area contributed by atoms with Crippen LogP contribution >= 0.6 is 34.4 Å². The third-order valence-corrected chi connectivity index (χ3v) is 9.05. The van der Waals surface area contributed by atoms with Crippen LogP contribution in [0.25, 0.3) is 20.4 Å². The minimum Gasteiger partial charge on any atom is -0.309 e. The van der Waals surface area contributed by atoms with Crippen LogP contribution in [0.15, 0.2) is 27.4 Å². The van der Waals surface area contributed by atoms with Crippen molar-refractivity contribution in [3.63, 3.8) is 0 Å². The van der Waals surface area contributed by atoms with Crippen molar-refractivity contribution < 1.29 is 0 Å². The van der Waals surface area contributed by atoms with E-state index >= 15 is 0 Å². The van der Waals surface area contributed by atoms with Gasteiger partial charge in [-0.1, -0.05) is 17.8 Å². The van der Waals surface area contributed by atoms with Crippen LogP contribution in [0.5, 0.6) is 0 Å². The van der Waals surface area contributed by atoms with Crippen LogP contribution < -0.4 is 11.1 Å². The van der Waals surface area contributed by atoms with Crippen molar-refractivity contribution in [1.82, 2.24) is 19.5 Å². The number of aromatic amines is 1. The van der Waals surface area contributed by atoms with E-state index in [0.717, 1.165) is 44.8 Å². The van der Waals surface area contributed by atoms with Gasteiger partial charge in [-0.3, -0.25) is 14.2 Å². The number of aryl methyl sites for hydroxylation is 4. The number of H-pyrrole nitrogens is 1. The molecule has 0 aromatic carbocycles. The fourth-order valence-corrected chi connectivity index (χ4v) is 7.35. The summed E-state index contributed by atoms with van der Waals surface area (Å²) in [5.74, 6) is 1.02. The van der Waals surface area contributed by atoms with E-state index in [9.17, 15) is 9.59 Å². The first kappa shape index (κ1) is 20.7. The van der Waals surface area contributed by atoms with Gasteiger partial charge in [-0.05, 0) is 50.7 Å². The summed E-state index contributed by atoms with van der Waals surface area (Å²) in [5.41, 5.74) is 2.08. The van der Waals surface area contributed by atoms with Gasteiger partial charge in [0.15, 0.2) is 5.16 Å². The Balaban J connectivity index is 1.55. The summed E-state index contributed by atoms with van der Waals surface area (Å²) in [6.07, 6.45) is 6.01. The number of hydrogen-bond acceptors (Lipinski definition) is 7. The van der Waals surface area contributed by atoms with Crippen molar-refractivity contribution in [2.45, 2.75) is 57.0 Å². The summed E-state index contributed by atoms with van der Waals surface area (Å²) in [7, 11) is 0. The molecule has 4 heterocycles. The van der Waals surface area contributed by atoms with Gasteiger partial charge in [-0.25, -0.2) is 9.97 Å². The van der Waals surface area contributed by atoms with E-state index in [1.54, 1.807) is 22.0 Å². The molecule has 4 aromatic heterocycles. The monoisotopic (exact) mass is 470 g/mol. The topological polar surface area (TPSA) is 80.6 Å². The average molecular weight is 471 g/mol. The number of allylic oxidation sites excluding steroid dienone is 1. The first-order chi connectivity index (χ1) is 15.0. The highest BCUT2D eigenvalue weighted by Crippen LogP contribution is 2.35. The largest absolute Gasteiger partial charge is 0.309 e. The van der Waals surface area contributed by atoms with Crippen LogP contribution in [0.3, 0.4) is 0 Å². The van der Waals surface area contributed by atoms with E-state index in [1.807, 2.05) is 13.8 Å². The number of thiophene rings is 2. The molecule has 0 aliphatic heterocycles. The molecule has 0 saturated heterocycles. The Morgan fingerprint density at radius 2 is 1.90 bits per heavy atom. The fraction of sp³-hybridized carbons (Fsp3) is 0.364. The Bertz CT molecular complexity index is 1460. The molecule has 0 spiro atoms. The first-order valence-electron chi connectivity index (χ1n) is 10.3. The molecule has 9 heteroatoms. The van der Waals surface area contributed by atoms with Crippen molar-refractivity contribution in [3.8, 4) is 0 Å². The van der Waals surface area contributed by atoms with Gasteiger partial charge in [-0.15, -0.1) is 29.3 Å². The molecule has 0 bridgehead atoms. The Labute approximate surface area is 191 Å². The summed E-state index contributed by atoms with van der Waals surface area (Å²) < 4.78 is 1.69. The second-order valence-electron chi connectivity index (χ2n) is 7.75. The lowest BCUT2D eigenvalue weighted by Crippen LogP contribution is -2.23. The van der Waals surface area contributed by atoms with Gasteiger partial charge in [0.25, 0.3) is 11.1 Å². The molecule has 6 nitrogen and oxygen atoms in total. The lowest BCUT2D eigenvalue weighted by Gasteiger charge is -2.12. The molecule has 160 valence electrons. The summed E-state index contributed by atoms with van der Waals surface area (Å²) in [4.78, 5) is 42.3. The summed E-state index contributed by atoms with van der Waals surface area (Å²) >= 11 is 4.61. The van der Waals surface area contributed by atoms with Crippen LogP contribution in [-0.4, -0.2) is 19.5 Å². The van der Waals surface area contributed by atoms with Gasteiger partial charge in [0.2, 0.25) is 0 Å². The van der Waals surface area contributed by atoms with Crippen LogP contribution in [0, 0.1) is 13.8 Å². The van der Waals surface area contributed by atoms with Gasteiger partial charge >= 0.3 is 0 Å². The van der Waals surface area contributed by atoms with E-state index in [1.165, 1.54) is 40.0 Å². The highest BCUT2D eigenvalue weighted by Gasteiger charge is 2.22. The number of hydrogen-bond donors (Lipinski definition) is 1. The Kier molecular flexibility index (Phi) is 5.35. The second-order valence-corrected chi connectivity index (χ2v) is 11.0. The van der Waals surface area contributed by atoms with Gasteiger partial charge in [-0.2, -0.15) is 0 Å². The molecule has 1 aliphatic rings. The maximum atomic E-state index is 13.3. The first-order valence-corrected chi connectivity index (χ1v) is 12.9. The third-order valence-electron chi connectivity index (χ3n) is 5.78. The molecule has 0 amide bonds. The Morgan fingerprint density at radius 1 is 1.13 bits per heavy atom. The smallest absolute Gasteiger partial charge is 0.263 e. The van der Waals surface area contributed by atoms with Crippen LogP contribution in [0.1, 0.15) is 39.5 Å². The highest BCUT2D eigenvalue weighted by atomic mass is 32.2. The molecule has 0 atom stereocenters. The Hall–Kier alpha value is -2.23.